The van der Waals surface area contributed by atoms with Gasteiger partial charge in [0.2, 0.25) is 11.9 Å². The number of nitrogens with one attached hydrogen (secondary N) is 2. The summed E-state index contributed by atoms with van der Waals surface area (Å²) in [5, 5.41) is 7.38. The van der Waals surface area contributed by atoms with Crippen LogP contribution < -0.4 is 21.1 Å². The molecule has 8 nitrogen and oxygen atoms in total. The van der Waals surface area contributed by atoms with Gasteiger partial charge >= 0.3 is 0 Å². The zero-order chi connectivity index (χ0) is 28.9. The van der Waals surface area contributed by atoms with Gasteiger partial charge in [0.05, 0.1) is 0 Å². The quantitative estimate of drug-likeness (QED) is 0.262. The van der Waals surface area contributed by atoms with E-state index in [0.29, 0.717) is 23.3 Å². The van der Waals surface area contributed by atoms with E-state index >= 15 is 0 Å². The molecular weight excluding hydrogens is 524 g/mol. The number of rotatable bonds is 9. The summed E-state index contributed by atoms with van der Waals surface area (Å²) in [5.74, 6) is 0.400. The van der Waals surface area contributed by atoms with Gasteiger partial charge < -0.3 is 15.5 Å². The lowest BCUT2D eigenvalue weighted by molar-refractivity contribution is -0.111. The molecule has 1 saturated carbocycles. The summed E-state index contributed by atoms with van der Waals surface area (Å²) in [7, 11) is 0. The van der Waals surface area contributed by atoms with Gasteiger partial charge in [-0.2, -0.15) is 4.98 Å². The molecule has 0 unspecified atom stereocenters. The first-order valence-corrected chi connectivity index (χ1v) is 15.1. The Morgan fingerprint density at radius 1 is 1.00 bits per heavy atom. The summed E-state index contributed by atoms with van der Waals surface area (Å²) >= 11 is 0. The summed E-state index contributed by atoms with van der Waals surface area (Å²) in [6, 6.07) is 20.4. The summed E-state index contributed by atoms with van der Waals surface area (Å²) in [4.78, 5) is 37.7. The molecule has 216 valence electrons. The number of piperidine rings is 1. The van der Waals surface area contributed by atoms with Gasteiger partial charge in [0, 0.05) is 48.5 Å². The second-order valence-corrected chi connectivity index (χ2v) is 11.3. The van der Waals surface area contributed by atoms with Gasteiger partial charge in [-0.3, -0.25) is 14.2 Å². The van der Waals surface area contributed by atoms with Crippen LogP contribution in [0.2, 0.25) is 0 Å². The van der Waals surface area contributed by atoms with Crippen molar-refractivity contribution < 1.29 is 4.79 Å². The number of nitrogens with zero attached hydrogens (tertiary/aromatic N) is 4. The number of hydrogen-bond acceptors (Lipinski definition) is 6. The SMILES string of the molecule is C=CC(=O)Nc1cccc(-c2cc(=O)n(C3CCCC3)c3nc(N4CCC(NCCc5ccccc5)CC4)ncc23)c1. The molecule has 0 atom stereocenters. The molecule has 1 aliphatic heterocycles. The van der Waals surface area contributed by atoms with Crippen LogP contribution in [-0.4, -0.2) is 46.1 Å². The smallest absolute Gasteiger partial charge is 0.253 e. The summed E-state index contributed by atoms with van der Waals surface area (Å²) in [6.45, 7) is 6.24. The first-order valence-electron chi connectivity index (χ1n) is 15.1. The Morgan fingerprint density at radius 2 is 1.79 bits per heavy atom. The van der Waals surface area contributed by atoms with Crippen molar-refractivity contribution in [3.05, 3.63) is 95.4 Å². The van der Waals surface area contributed by atoms with Crippen LogP contribution in [0.15, 0.2) is 84.3 Å². The molecule has 6 rings (SSSR count). The van der Waals surface area contributed by atoms with Gasteiger partial charge in [-0.05, 0) is 73.5 Å². The third-order valence-corrected chi connectivity index (χ3v) is 8.56. The predicted molar refractivity (Wildman–Crippen MR) is 169 cm³/mol. The van der Waals surface area contributed by atoms with Crippen molar-refractivity contribution in [3.8, 4) is 11.1 Å². The normalized spacial score (nSPS) is 16.1. The minimum atomic E-state index is -0.281. The fourth-order valence-corrected chi connectivity index (χ4v) is 6.33. The topological polar surface area (TPSA) is 92.2 Å². The molecular formula is C34H38N6O2. The van der Waals surface area contributed by atoms with Crippen molar-refractivity contribution in [1.82, 2.24) is 19.9 Å². The molecule has 2 aliphatic rings. The van der Waals surface area contributed by atoms with Crippen LogP contribution in [-0.2, 0) is 11.2 Å². The van der Waals surface area contributed by atoms with Crippen molar-refractivity contribution in [1.29, 1.82) is 0 Å². The maximum absolute atomic E-state index is 13.7. The number of hydrogen-bond donors (Lipinski definition) is 2. The lowest BCUT2D eigenvalue weighted by atomic mass is 10.0. The molecule has 2 N–H and O–H groups in total. The fourth-order valence-electron chi connectivity index (χ4n) is 6.33. The fraction of sp³-hybridized carbons (Fsp3) is 0.353. The van der Waals surface area contributed by atoms with E-state index in [-0.39, 0.29) is 17.5 Å². The Bertz CT molecular complexity index is 1620. The zero-order valence-electron chi connectivity index (χ0n) is 24.0. The minimum Gasteiger partial charge on any atom is -0.341 e. The van der Waals surface area contributed by atoms with Crippen molar-refractivity contribution in [2.75, 3.05) is 29.9 Å². The van der Waals surface area contributed by atoms with E-state index < -0.39 is 0 Å². The number of aromatic nitrogens is 3. The Balaban J connectivity index is 1.26. The largest absolute Gasteiger partial charge is 0.341 e. The van der Waals surface area contributed by atoms with E-state index in [1.807, 2.05) is 35.0 Å². The first kappa shape index (κ1) is 27.8. The van der Waals surface area contributed by atoms with Crippen molar-refractivity contribution in [2.45, 2.75) is 57.0 Å². The summed E-state index contributed by atoms with van der Waals surface area (Å²) < 4.78 is 1.90. The van der Waals surface area contributed by atoms with Gasteiger partial charge in [0.25, 0.3) is 5.56 Å². The highest BCUT2D eigenvalue weighted by atomic mass is 16.1. The van der Waals surface area contributed by atoms with E-state index in [9.17, 15) is 9.59 Å². The van der Waals surface area contributed by atoms with E-state index in [4.69, 9.17) is 9.97 Å². The van der Waals surface area contributed by atoms with Gasteiger partial charge in [-0.1, -0.05) is 61.9 Å². The number of pyridine rings is 1. The Kier molecular flexibility index (Phi) is 8.42. The van der Waals surface area contributed by atoms with Crippen molar-refractivity contribution >= 4 is 28.6 Å². The van der Waals surface area contributed by atoms with E-state index in [0.717, 1.165) is 81.1 Å². The molecule has 2 fully saturated rings. The molecule has 4 aromatic rings. The molecule has 1 amide bonds. The molecule has 0 radical (unpaired) electrons. The Labute approximate surface area is 246 Å². The average Bonchev–Trinajstić information content (AvgIpc) is 3.56. The number of carbonyl (C=O) groups excluding carboxylic acids is 1. The predicted octanol–water partition coefficient (Wildman–Crippen LogP) is 5.50. The molecule has 1 saturated heterocycles. The third-order valence-electron chi connectivity index (χ3n) is 8.56. The third kappa shape index (κ3) is 6.14. The van der Waals surface area contributed by atoms with Crippen molar-refractivity contribution in [2.24, 2.45) is 0 Å². The second-order valence-electron chi connectivity index (χ2n) is 11.3. The van der Waals surface area contributed by atoms with E-state index in [1.165, 1.54) is 11.6 Å². The highest BCUT2D eigenvalue weighted by Gasteiger charge is 2.25. The van der Waals surface area contributed by atoms with Gasteiger partial charge in [0.1, 0.15) is 5.65 Å². The van der Waals surface area contributed by atoms with Gasteiger partial charge in [-0.25, -0.2) is 4.98 Å². The molecule has 42 heavy (non-hydrogen) atoms. The van der Waals surface area contributed by atoms with Crippen LogP contribution in [0.4, 0.5) is 11.6 Å². The molecule has 3 heterocycles. The minimum absolute atomic E-state index is 0.0455. The maximum atomic E-state index is 13.7. The first-order chi connectivity index (χ1) is 20.6. The number of fused-ring (bicyclic) bond motifs is 1. The van der Waals surface area contributed by atoms with Crippen LogP contribution in [0.25, 0.3) is 22.2 Å². The molecule has 2 aromatic carbocycles. The van der Waals surface area contributed by atoms with Crippen LogP contribution in [0.3, 0.4) is 0 Å². The molecule has 2 aromatic heterocycles. The number of amides is 1. The van der Waals surface area contributed by atoms with Gasteiger partial charge in [-0.15, -0.1) is 0 Å². The number of anilines is 2. The lowest BCUT2D eigenvalue weighted by Crippen LogP contribution is -2.43. The van der Waals surface area contributed by atoms with Crippen LogP contribution >= 0.6 is 0 Å². The highest BCUT2D eigenvalue weighted by molar-refractivity contribution is 6.00. The van der Waals surface area contributed by atoms with Crippen molar-refractivity contribution in [3.63, 3.8) is 0 Å². The van der Waals surface area contributed by atoms with E-state index in [2.05, 4.69) is 52.4 Å². The Hall–Kier alpha value is -4.30. The Morgan fingerprint density at radius 3 is 2.55 bits per heavy atom. The molecule has 0 spiro atoms. The summed E-state index contributed by atoms with van der Waals surface area (Å²) in [5.41, 5.74) is 4.24. The number of carbonyl (C=O) groups is 1. The summed E-state index contributed by atoms with van der Waals surface area (Å²) in [6.07, 6.45) is 10.4. The standard InChI is InChI=1S/C34H38N6O2/c1-2-31(41)37-27-12-8-11-25(21-27)29-22-32(42)40(28-13-6-7-14-28)33-30(29)23-36-34(38-33)39-19-16-26(17-20-39)35-18-15-24-9-4-3-5-10-24/h2-5,8-12,21-23,26,28,35H,1,6-7,13-20H2,(H,37,41). The average molecular weight is 563 g/mol. The number of benzene rings is 2. The molecule has 1 aliphatic carbocycles. The lowest BCUT2D eigenvalue weighted by Gasteiger charge is -2.32. The molecule has 0 bridgehead atoms. The monoisotopic (exact) mass is 562 g/mol. The zero-order valence-corrected chi connectivity index (χ0v) is 24.0. The van der Waals surface area contributed by atoms with Crippen LogP contribution in [0.5, 0.6) is 0 Å². The molecule has 8 heteroatoms. The highest BCUT2D eigenvalue weighted by Crippen LogP contribution is 2.34. The van der Waals surface area contributed by atoms with Crippen LogP contribution in [0, 0.1) is 0 Å². The maximum Gasteiger partial charge on any atom is 0.253 e. The van der Waals surface area contributed by atoms with Crippen LogP contribution in [0.1, 0.15) is 50.1 Å². The second kappa shape index (κ2) is 12.7. The van der Waals surface area contributed by atoms with Gasteiger partial charge in [0.15, 0.2) is 0 Å². The van der Waals surface area contributed by atoms with E-state index in [1.54, 1.807) is 6.07 Å².